The van der Waals surface area contributed by atoms with Crippen LogP contribution in [-0.2, 0) is 9.47 Å². The predicted octanol–water partition coefficient (Wildman–Crippen LogP) is 2.47. The van der Waals surface area contributed by atoms with Gasteiger partial charge >= 0.3 is 0 Å². The molecule has 0 spiro atoms. The summed E-state index contributed by atoms with van der Waals surface area (Å²) < 4.78 is 11.9. The normalized spacial score (nSPS) is 51.0. The highest BCUT2D eigenvalue weighted by Crippen LogP contribution is 2.51. The van der Waals surface area contributed by atoms with Gasteiger partial charge in [-0.05, 0) is 40.5 Å². The standard InChI is InChI=1S/C10H18O2/c1-8(2)9(3)6-5-7-10(4,11-8)12-9/h5-7H2,1-4H3. The maximum absolute atomic E-state index is 5.97. The van der Waals surface area contributed by atoms with Crippen LogP contribution in [0.15, 0.2) is 0 Å². The third kappa shape index (κ3) is 0.944. The molecule has 2 atom stereocenters. The first-order valence-corrected chi connectivity index (χ1v) is 4.77. The fourth-order valence-electron chi connectivity index (χ4n) is 2.47. The molecule has 2 nitrogen and oxygen atoms in total. The molecule has 2 saturated heterocycles. The van der Waals surface area contributed by atoms with Gasteiger partial charge in [0, 0.05) is 6.42 Å². The SMILES string of the molecule is CC12CCCC(C)(O1)C(C)(C)O2. The van der Waals surface area contributed by atoms with Crippen LogP contribution in [0.4, 0.5) is 0 Å². The molecule has 0 aliphatic carbocycles. The van der Waals surface area contributed by atoms with Gasteiger partial charge < -0.3 is 9.47 Å². The Hall–Kier alpha value is -0.0800. The maximum atomic E-state index is 5.97. The van der Waals surface area contributed by atoms with Gasteiger partial charge in [-0.1, -0.05) is 0 Å². The third-order valence-corrected chi connectivity index (χ3v) is 3.47. The van der Waals surface area contributed by atoms with Gasteiger partial charge in [-0.15, -0.1) is 0 Å². The van der Waals surface area contributed by atoms with Crippen molar-refractivity contribution in [2.75, 3.05) is 0 Å². The van der Waals surface area contributed by atoms with E-state index in [1.807, 2.05) is 0 Å². The summed E-state index contributed by atoms with van der Waals surface area (Å²) in [6, 6.07) is 0. The van der Waals surface area contributed by atoms with Crippen LogP contribution in [0.2, 0.25) is 0 Å². The van der Waals surface area contributed by atoms with E-state index in [2.05, 4.69) is 27.7 Å². The highest BCUT2D eigenvalue weighted by atomic mass is 16.8. The lowest BCUT2D eigenvalue weighted by atomic mass is 9.83. The topological polar surface area (TPSA) is 18.5 Å². The van der Waals surface area contributed by atoms with E-state index in [1.54, 1.807) is 0 Å². The molecule has 2 unspecified atom stereocenters. The van der Waals surface area contributed by atoms with Crippen molar-refractivity contribution in [2.24, 2.45) is 0 Å². The predicted molar refractivity (Wildman–Crippen MR) is 46.9 cm³/mol. The number of fused-ring (bicyclic) bond motifs is 2. The molecule has 0 saturated carbocycles. The molecule has 0 radical (unpaired) electrons. The fourth-order valence-corrected chi connectivity index (χ4v) is 2.47. The van der Waals surface area contributed by atoms with Crippen LogP contribution in [0.25, 0.3) is 0 Å². The van der Waals surface area contributed by atoms with Gasteiger partial charge in [0.15, 0.2) is 5.79 Å². The van der Waals surface area contributed by atoms with Gasteiger partial charge in [-0.2, -0.15) is 0 Å². The lowest BCUT2D eigenvalue weighted by molar-refractivity contribution is -0.199. The highest BCUT2D eigenvalue weighted by Gasteiger charge is 2.59. The zero-order chi connectivity index (χ0) is 9.04. The number of hydrogen-bond donors (Lipinski definition) is 0. The van der Waals surface area contributed by atoms with Crippen molar-refractivity contribution in [1.82, 2.24) is 0 Å². The van der Waals surface area contributed by atoms with Crippen LogP contribution >= 0.6 is 0 Å². The number of rotatable bonds is 0. The summed E-state index contributed by atoms with van der Waals surface area (Å²) in [4.78, 5) is 0. The van der Waals surface area contributed by atoms with Crippen molar-refractivity contribution in [3.8, 4) is 0 Å². The van der Waals surface area contributed by atoms with Crippen molar-refractivity contribution in [2.45, 2.75) is 63.9 Å². The lowest BCUT2D eigenvalue weighted by Gasteiger charge is -2.36. The van der Waals surface area contributed by atoms with Crippen molar-refractivity contribution in [1.29, 1.82) is 0 Å². The zero-order valence-corrected chi connectivity index (χ0v) is 8.44. The van der Waals surface area contributed by atoms with E-state index in [0.29, 0.717) is 0 Å². The van der Waals surface area contributed by atoms with Gasteiger partial charge in [0.25, 0.3) is 0 Å². The molecule has 0 amide bonds. The van der Waals surface area contributed by atoms with E-state index in [9.17, 15) is 0 Å². The smallest absolute Gasteiger partial charge is 0.167 e. The van der Waals surface area contributed by atoms with Crippen LogP contribution < -0.4 is 0 Å². The van der Waals surface area contributed by atoms with Gasteiger partial charge in [0.05, 0.1) is 11.2 Å². The van der Waals surface area contributed by atoms with Gasteiger partial charge in [0.2, 0.25) is 0 Å². The summed E-state index contributed by atoms with van der Waals surface area (Å²) in [5.41, 5.74) is -0.196. The summed E-state index contributed by atoms with van der Waals surface area (Å²) in [6.45, 7) is 8.48. The third-order valence-electron chi connectivity index (χ3n) is 3.47. The Morgan fingerprint density at radius 2 is 1.58 bits per heavy atom. The number of hydrogen-bond acceptors (Lipinski definition) is 2. The Kier molecular flexibility index (Phi) is 1.45. The second-order valence-electron chi connectivity index (χ2n) is 4.93. The number of ether oxygens (including phenoxy) is 2. The molecule has 2 fully saturated rings. The summed E-state index contributed by atoms with van der Waals surface area (Å²) in [5, 5.41) is 0. The Labute approximate surface area is 74.2 Å². The van der Waals surface area contributed by atoms with E-state index in [4.69, 9.17) is 9.47 Å². The Morgan fingerprint density at radius 1 is 0.917 bits per heavy atom. The lowest BCUT2D eigenvalue weighted by Crippen LogP contribution is -2.45. The molecule has 2 bridgehead atoms. The monoisotopic (exact) mass is 170 g/mol. The zero-order valence-electron chi connectivity index (χ0n) is 8.44. The van der Waals surface area contributed by atoms with Crippen molar-refractivity contribution < 1.29 is 9.47 Å². The van der Waals surface area contributed by atoms with Crippen LogP contribution in [0.1, 0.15) is 47.0 Å². The molecular formula is C10H18O2. The quantitative estimate of drug-likeness (QED) is 0.556. The summed E-state index contributed by atoms with van der Waals surface area (Å²) in [6.07, 6.45) is 3.37. The molecule has 2 aliphatic rings. The first-order valence-electron chi connectivity index (χ1n) is 4.77. The molecule has 70 valence electrons. The second kappa shape index (κ2) is 2.05. The average Bonchev–Trinajstić information content (AvgIpc) is 1.93. The molecule has 2 heterocycles. The average molecular weight is 170 g/mol. The van der Waals surface area contributed by atoms with Gasteiger partial charge in [0.1, 0.15) is 0 Å². The maximum Gasteiger partial charge on any atom is 0.167 e. The second-order valence-corrected chi connectivity index (χ2v) is 4.93. The Morgan fingerprint density at radius 3 is 2.08 bits per heavy atom. The molecule has 2 heteroatoms. The van der Waals surface area contributed by atoms with Crippen LogP contribution in [0.3, 0.4) is 0 Å². The van der Waals surface area contributed by atoms with Crippen LogP contribution in [0, 0.1) is 0 Å². The summed E-state index contributed by atoms with van der Waals surface area (Å²) in [5.74, 6) is -0.309. The molecule has 0 aromatic rings. The molecule has 2 aliphatic heterocycles. The summed E-state index contributed by atoms with van der Waals surface area (Å²) >= 11 is 0. The minimum Gasteiger partial charge on any atom is -0.341 e. The van der Waals surface area contributed by atoms with Gasteiger partial charge in [-0.25, -0.2) is 0 Å². The van der Waals surface area contributed by atoms with E-state index in [-0.39, 0.29) is 17.0 Å². The molecule has 0 aromatic carbocycles. The minimum atomic E-state index is -0.309. The molecular weight excluding hydrogens is 152 g/mol. The van der Waals surface area contributed by atoms with E-state index >= 15 is 0 Å². The first-order chi connectivity index (χ1) is 5.37. The molecule has 0 aromatic heterocycles. The molecule has 2 rings (SSSR count). The van der Waals surface area contributed by atoms with E-state index < -0.39 is 0 Å². The Balaban J connectivity index is 2.35. The largest absolute Gasteiger partial charge is 0.341 e. The molecule has 12 heavy (non-hydrogen) atoms. The van der Waals surface area contributed by atoms with E-state index in [0.717, 1.165) is 12.8 Å². The van der Waals surface area contributed by atoms with Crippen LogP contribution in [0.5, 0.6) is 0 Å². The van der Waals surface area contributed by atoms with E-state index in [1.165, 1.54) is 6.42 Å². The van der Waals surface area contributed by atoms with Gasteiger partial charge in [-0.3, -0.25) is 0 Å². The van der Waals surface area contributed by atoms with Crippen LogP contribution in [-0.4, -0.2) is 17.0 Å². The minimum absolute atomic E-state index is 0.0694. The van der Waals surface area contributed by atoms with Crippen molar-refractivity contribution in [3.05, 3.63) is 0 Å². The fraction of sp³-hybridized carbons (Fsp3) is 1.00. The highest BCUT2D eigenvalue weighted by molar-refractivity contribution is 5.03. The Bertz CT molecular complexity index is 208. The summed E-state index contributed by atoms with van der Waals surface area (Å²) in [7, 11) is 0. The van der Waals surface area contributed by atoms with Crippen molar-refractivity contribution >= 4 is 0 Å². The molecule has 0 N–H and O–H groups in total. The first kappa shape index (κ1) is 8.52. The van der Waals surface area contributed by atoms with Crippen molar-refractivity contribution in [3.63, 3.8) is 0 Å².